The van der Waals surface area contributed by atoms with E-state index in [0.717, 1.165) is 0 Å². The molecule has 6 nitrogen and oxygen atoms in total. The minimum atomic E-state index is 0.293. The molecule has 0 aliphatic heterocycles. The topological polar surface area (TPSA) is 74.1 Å². The summed E-state index contributed by atoms with van der Waals surface area (Å²) in [6.45, 7) is 2.70. The van der Waals surface area contributed by atoms with Gasteiger partial charge in [-0.2, -0.15) is 0 Å². The Balaban J connectivity index is 1.92. The first kappa shape index (κ1) is 12.7. The number of hydrogen-bond donors (Lipinski definition) is 0. The van der Waals surface area contributed by atoms with Gasteiger partial charge < -0.3 is 8.83 Å². The molecule has 7 heteroatoms. The molecule has 0 saturated carbocycles. The number of rotatable bonds is 5. The molecular formula is C13H11N3O3S. The van der Waals surface area contributed by atoms with E-state index < -0.39 is 0 Å². The normalized spacial score (nSPS) is 10.8. The number of aromatic nitrogens is 3. The summed E-state index contributed by atoms with van der Waals surface area (Å²) in [5.74, 6) is 1.63. The maximum Gasteiger partial charge on any atom is 0.200 e. The Morgan fingerprint density at radius 2 is 2.25 bits per heavy atom. The maximum absolute atomic E-state index is 10.6. The van der Waals surface area contributed by atoms with E-state index in [4.69, 9.17) is 8.83 Å². The number of furan rings is 2. The Kier molecular flexibility index (Phi) is 3.42. The van der Waals surface area contributed by atoms with Crippen molar-refractivity contribution in [2.75, 3.05) is 0 Å². The monoisotopic (exact) mass is 289 g/mol. The largest absolute Gasteiger partial charge is 0.461 e. The second-order valence-corrected chi connectivity index (χ2v) is 4.88. The van der Waals surface area contributed by atoms with Crippen molar-refractivity contribution in [2.45, 2.75) is 23.7 Å². The molecule has 0 radical (unpaired) electrons. The Morgan fingerprint density at radius 3 is 2.90 bits per heavy atom. The van der Waals surface area contributed by atoms with Crippen LogP contribution in [0, 0.1) is 0 Å². The summed E-state index contributed by atoms with van der Waals surface area (Å²) in [5, 5.41) is 9.56. The molecule has 0 atom stereocenters. The molecule has 0 amide bonds. The molecule has 0 aliphatic rings. The summed E-state index contributed by atoms with van der Waals surface area (Å²) in [7, 11) is 0. The highest BCUT2D eigenvalue weighted by atomic mass is 32.2. The Bertz CT molecular complexity index is 715. The molecule has 3 aromatic heterocycles. The zero-order chi connectivity index (χ0) is 13.9. The van der Waals surface area contributed by atoms with Gasteiger partial charge >= 0.3 is 0 Å². The SMILES string of the molecule is CCn1c(Sc2ccc(C=O)o2)nnc1-c1ccco1. The van der Waals surface area contributed by atoms with Crippen LogP contribution in [-0.2, 0) is 6.54 Å². The average molecular weight is 289 g/mol. The molecule has 3 aromatic rings. The molecule has 102 valence electrons. The third-order valence-corrected chi connectivity index (χ3v) is 3.59. The van der Waals surface area contributed by atoms with E-state index in [9.17, 15) is 4.79 Å². The fourth-order valence-corrected chi connectivity index (χ4v) is 2.64. The van der Waals surface area contributed by atoms with Gasteiger partial charge in [0.25, 0.3) is 0 Å². The van der Waals surface area contributed by atoms with Gasteiger partial charge in [-0.3, -0.25) is 9.36 Å². The summed E-state index contributed by atoms with van der Waals surface area (Å²) in [6, 6.07) is 6.99. The van der Waals surface area contributed by atoms with Crippen LogP contribution in [0.3, 0.4) is 0 Å². The summed E-state index contributed by atoms with van der Waals surface area (Å²) in [4.78, 5) is 10.6. The van der Waals surface area contributed by atoms with Crippen molar-refractivity contribution in [1.82, 2.24) is 14.8 Å². The molecule has 0 aliphatic carbocycles. The zero-order valence-corrected chi connectivity index (χ0v) is 11.5. The number of hydrogen-bond acceptors (Lipinski definition) is 6. The predicted octanol–water partition coefficient (Wildman–Crippen LogP) is 3.11. The highest BCUT2D eigenvalue weighted by Gasteiger charge is 2.16. The molecule has 0 aromatic carbocycles. The van der Waals surface area contributed by atoms with Crippen LogP contribution in [0.2, 0.25) is 0 Å². The van der Waals surface area contributed by atoms with Crippen LogP contribution in [0.4, 0.5) is 0 Å². The minimum absolute atomic E-state index is 0.293. The zero-order valence-electron chi connectivity index (χ0n) is 10.6. The number of carbonyl (C=O) groups excluding carboxylic acids is 1. The predicted molar refractivity (Wildman–Crippen MR) is 71.6 cm³/mol. The molecule has 20 heavy (non-hydrogen) atoms. The third-order valence-electron chi connectivity index (χ3n) is 2.68. The first-order chi connectivity index (χ1) is 9.81. The van der Waals surface area contributed by atoms with E-state index in [-0.39, 0.29) is 0 Å². The fraction of sp³-hybridized carbons (Fsp3) is 0.154. The summed E-state index contributed by atoms with van der Waals surface area (Å²) >= 11 is 1.32. The van der Waals surface area contributed by atoms with Gasteiger partial charge in [0.15, 0.2) is 33.9 Å². The van der Waals surface area contributed by atoms with Crippen molar-refractivity contribution in [3.63, 3.8) is 0 Å². The molecule has 0 fully saturated rings. The van der Waals surface area contributed by atoms with Gasteiger partial charge in [-0.15, -0.1) is 10.2 Å². The first-order valence-corrected chi connectivity index (χ1v) is 6.83. The number of carbonyl (C=O) groups is 1. The van der Waals surface area contributed by atoms with Crippen LogP contribution in [0.5, 0.6) is 0 Å². The van der Waals surface area contributed by atoms with Crippen molar-refractivity contribution in [3.05, 3.63) is 36.3 Å². The summed E-state index contributed by atoms with van der Waals surface area (Å²) in [5.41, 5.74) is 0. The van der Waals surface area contributed by atoms with Crippen molar-refractivity contribution in [1.29, 1.82) is 0 Å². The number of nitrogens with zero attached hydrogens (tertiary/aromatic N) is 3. The standard InChI is InChI=1S/C13H11N3O3S/c1-2-16-12(10-4-3-7-18-10)14-15-13(16)20-11-6-5-9(8-17)19-11/h3-8H,2H2,1H3. The Morgan fingerprint density at radius 1 is 1.35 bits per heavy atom. The number of aldehydes is 1. The van der Waals surface area contributed by atoms with E-state index in [1.807, 2.05) is 17.6 Å². The highest BCUT2D eigenvalue weighted by Crippen LogP contribution is 2.30. The van der Waals surface area contributed by atoms with E-state index in [2.05, 4.69) is 10.2 Å². The van der Waals surface area contributed by atoms with Crippen LogP contribution in [0.1, 0.15) is 17.5 Å². The van der Waals surface area contributed by atoms with Crippen LogP contribution in [0.15, 0.2) is 49.6 Å². The van der Waals surface area contributed by atoms with Crippen molar-refractivity contribution >= 4 is 18.0 Å². The second-order valence-electron chi connectivity index (χ2n) is 3.90. The molecule has 3 rings (SSSR count). The van der Waals surface area contributed by atoms with Crippen LogP contribution < -0.4 is 0 Å². The quantitative estimate of drug-likeness (QED) is 0.672. The van der Waals surface area contributed by atoms with Gasteiger partial charge in [0.05, 0.1) is 6.26 Å². The molecule has 0 bridgehead atoms. The second kappa shape index (κ2) is 5.38. The molecule has 3 heterocycles. The van der Waals surface area contributed by atoms with E-state index in [1.165, 1.54) is 11.8 Å². The van der Waals surface area contributed by atoms with E-state index in [0.29, 0.717) is 40.4 Å². The lowest BCUT2D eigenvalue weighted by Crippen LogP contribution is -1.98. The lowest BCUT2D eigenvalue weighted by Gasteiger charge is -2.03. The van der Waals surface area contributed by atoms with Gasteiger partial charge in [-0.25, -0.2) is 0 Å². The molecule has 0 saturated heterocycles. The van der Waals surface area contributed by atoms with Crippen molar-refractivity contribution in [3.8, 4) is 11.6 Å². The summed E-state index contributed by atoms with van der Waals surface area (Å²) < 4.78 is 12.6. The minimum Gasteiger partial charge on any atom is -0.461 e. The Labute approximate surface area is 118 Å². The van der Waals surface area contributed by atoms with Crippen LogP contribution >= 0.6 is 11.8 Å². The van der Waals surface area contributed by atoms with Gasteiger partial charge in [-0.1, -0.05) is 0 Å². The van der Waals surface area contributed by atoms with E-state index in [1.54, 1.807) is 24.5 Å². The molecular weight excluding hydrogens is 278 g/mol. The van der Waals surface area contributed by atoms with Gasteiger partial charge in [0.1, 0.15) is 0 Å². The highest BCUT2D eigenvalue weighted by molar-refractivity contribution is 7.99. The fourth-order valence-electron chi connectivity index (χ4n) is 1.78. The average Bonchev–Trinajstić information content (AvgIpc) is 3.19. The smallest absolute Gasteiger partial charge is 0.200 e. The molecule has 0 N–H and O–H groups in total. The third kappa shape index (κ3) is 2.27. The lowest BCUT2D eigenvalue weighted by molar-refractivity contribution is 0.109. The van der Waals surface area contributed by atoms with Gasteiger partial charge in [0, 0.05) is 6.54 Å². The van der Waals surface area contributed by atoms with Crippen molar-refractivity contribution in [2.24, 2.45) is 0 Å². The Hall–Kier alpha value is -2.28. The molecule has 0 spiro atoms. The maximum atomic E-state index is 10.6. The summed E-state index contributed by atoms with van der Waals surface area (Å²) in [6.07, 6.45) is 2.27. The van der Waals surface area contributed by atoms with Gasteiger partial charge in [-0.05, 0) is 43.0 Å². The van der Waals surface area contributed by atoms with Gasteiger partial charge in [0.2, 0.25) is 0 Å². The van der Waals surface area contributed by atoms with E-state index >= 15 is 0 Å². The first-order valence-electron chi connectivity index (χ1n) is 6.01. The lowest BCUT2D eigenvalue weighted by atomic mass is 10.4. The van der Waals surface area contributed by atoms with Crippen molar-refractivity contribution < 1.29 is 13.6 Å². The van der Waals surface area contributed by atoms with Crippen LogP contribution in [0.25, 0.3) is 11.6 Å². The molecule has 0 unspecified atom stereocenters. The van der Waals surface area contributed by atoms with Crippen LogP contribution in [-0.4, -0.2) is 21.1 Å².